The number of hydrogen-bond acceptors (Lipinski definition) is 2. The Morgan fingerprint density at radius 2 is 1.77 bits per heavy atom. The highest BCUT2D eigenvalue weighted by atomic mass is 79.9. The number of aromatic nitrogens is 1. The molecule has 2 aromatic rings. The maximum atomic E-state index is 4.27. The molecule has 2 rings (SSSR count). The molecule has 0 radical (unpaired) electrons. The maximum Gasteiger partial charge on any atom is 0.124 e. The van der Waals surface area contributed by atoms with Crippen molar-refractivity contribution in [1.29, 1.82) is 0 Å². The van der Waals surface area contributed by atoms with Crippen LogP contribution < -0.4 is 0 Å². The second-order valence-electron chi connectivity index (χ2n) is 2.48. The van der Waals surface area contributed by atoms with Crippen LogP contribution in [-0.4, -0.2) is 4.98 Å². The summed E-state index contributed by atoms with van der Waals surface area (Å²) in [5.41, 5.74) is 1.15. The van der Waals surface area contributed by atoms with Gasteiger partial charge in [0.05, 0.1) is 9.98 Å². The smallest absolute Gasteiger partial charge is 0.124 e. The van der Waals surface area contributed by atoms with E-state index in [0.29, 0.717) is 0 Å². The average Bonchev–Trinajstić information content (AvgIpc) is 2.53. The van der Waals surface area contributed by atoms with Crippen LogP contribution in [0.4, 0.5) is 0 Å². The van der Waals surface area contributed by atoms with E-state index in [1.165, 1.54) is 0 Å². The van der Waals surface area contributed by atoms with Gasteiger partial charge in [-0.05, 0) is 28.1 Å². The molecule has 1 heterocycles. The molecular weight excluding hydrogens is 314 g/mol. The maximum absolute atomic E-state index is 4.27. The van der Waals surface area contributed by atoms with Crippen molar-refractivity contribution < 1.29 is 0 Å². The first-order chi connectivity index (χ1) is 6.25. The van der Waals surface area contributed by atoms with Gasteiger partial charge < -0.3 is 0 Å². The summed E-state index contributed by atoms with van der Waals surface area (Å²) in [6.45, 7) is 0. The van der Waals surface area contributed by atoms with E-state index >= 15 is 0 Å². The van der Waals surface area contributed by atoms with Crippen LogP contribution in [0.5, 0.6) is 0 Å². The predicted octanol–water partition coefficient (Wildman–Crippen LogP) is 4.34. The van der Waals surface area contributed by atoms with Gasteiger partial charge in [0, 0.05) is 10.0 Å². The minimum atomic E-state index is 1.04. The van der Waals surface area contributed by atoms with Gasteiger partial charge in [-0.2, -0.15) is 0 Å². The Morgan fingerprint density at radius 3 is 2.31 bits per heavy atom. The molecule has 0 bridgehead atoms. The lowest BCUT2D eigenvalue weighted by molar-refractivity contribution is 1.40. The summed E-state index contributed by atoms with van der Waals surface area (Å²) in [5.74, 6) is 0. The third kappa shape index (κ3) is 2.18. The summed E-state index contributed by atoms with van der Waals surface area (Å²) < 4.78 is 2.15. The molecule has 0 saturated heterocycles. The highest BCUT2D eigenvalue weighted by Gasteiger charge is 2.01. The van der Waals surface area contributed by atoms with E-state index in [4.69, 9.17) is 0 Å². The average molecular weight is 319 g/mol. The van der Waals surface area contributed by atoms with Crippen molar-refractivity contribution in [2.24, 2.45) is 0 Å². The first-order valence-electron chi connectivity index (χ1n) is 3.63. The SMILES string of the molecule is Brc1ccc(-c2ncc(Br)s2)cc1. The fraction of sp³-hybridized carbons (Fsp3) is 0. The van der Waals surface area contributed by atoms with Gasteiger partial charge in [0.2, 0.25) is 0 Å². The van der Waals surface area contributed by atoms with Crippen LogP contribution in [0.2, 0.25) is 0 Å². The number of thiazole rings is 1. The molecule has 1 aromatic heterocycles. The molecular formula is C9H5Br2NS. The summed E-state index contributed by atoms with van der Waals surface area (Å²) in [6, 6.07) is 8.14. The highest BCUT2D eigenvalue weighted by molar-refractivity contribution is 9.11. The van der Waals surface area contributed by atoms with Crippen LogP contribution in [-0.2, 0) is 0 Å². The van der Waals surface area contributed by atoms with Gasteiger partial charge in [-0.25, -0.2) is 4.98 Å². The lowest BCUT2D eigenvalue weighted by Crippen LogP contribution is -1.73. The third-order valence-corrected chi connectivity index (χ3v) is 3.62. The molecule has 13 heavy (non-hydrogen) atoms. The molecule has 0 aliphatic carbocycles. The zero-order chi connectivity index (χ0) is 9.26. The second kappa shape index (κ2) is 3.90. The van der Waals surface area contributed by atoms with Crippen molar-refractivity contribution in [3.63, 3.8) is 0 Å². The monoisotopic (exact) mass is 317 g/mol. The van der Waals surface area contributed by atoms with E-state index in [1.807, 2.05) is 18.3 Å². The molecule has 66 valence electrons. The van der Waals surface area contributed by atoms with E-state index < -0.39 is 0 Å². The lowest BCUT2D eigenvalue weighted by Gasteiger charge is -1.94. The van der Waals surface area contributed by atoms with Crippen molar-refractivity contribution in [3.8, 4) is 10.6 Å². The molecule has 1 aromatic carbocycles. The molecule has 0 N–H and O–H groups in total. The van der Waals surface area contributed by atoms with Gasteiger partial charge in [0.1, 0.15) is 5.01 Å². The molecule has 0 aliphatic heterocycles. The van der Waals surface area contributed by atoms with E-state index in [9.17, 15) is 0 Å². The van der Waals surface area contributed by atoms with E-state index in [0.717, 1.165) is 18.8 Å². The van der Waals surface area contributed by atoms with Crippen LogP contribution in [0.1, 0.15) is 0 Å². The molecule has 4 heteroatoms. The molecule has 0 fully saturated rings. The van der Waals surface area contributed by atoms with Crippen molar-refractivity contribution in [1.82, 2.24) is 4.98 Å². The number of benzene rings is 1. The van der Waals surface area contributed by atoms with E-state index in [-0.39, 0.29) is 0 Å². The molecule has 0 aliphatic rings. The van der Waals surface area contributed by atoms with Gasteiger partial charge >= 0.3 is 0 Å². The zero-order valence-corrected chi connectivity index (χ0v) is 10.5. The minimum Gasteiger partial charge on any atom is -0.243 e. The summed E-state index contributed by atoms with van der Waals surface area (Å²) in [7, 11) is 0. The third-order valence-electron chi connectivity index (χ3n) is 1.57. The Morgan fingerprint density at radius 1 is 1.08 bits per heavy atom. The summed E-state index contributed by atoms with van der Waals surface area (Å²) in [5, 5.41) is 1.04. The van der Waals surface area contributed by atoms with Gasteiger partial charge in [0.15, 0.2) is 0 Å². The number of nitrogens with zero attached hydrogens (tertiary/aromatic N) is 1. The quantitative estimate of drug-likeness (QED) is 0.762. The summed E-state index contributed by atoms with van der Waals surface area (Å²) >= 11 is 8.42. The molecule has 1 nitrogen and oxygen atoms in total. The lowest BCUT2D eigenvalue weighted by atomic mass is 10.2. The first-order valence-corrected chi connectivity index (χ1v) is 6.03. The van der Waals surface area contributed by atoms with Gasteiger partial charge in [-0.3, -0.25) is 0 Å². The fourth-order valence-electron chi connectivity index (χ4n) is 0.980. The second-order valence-corrected chi connectivity index (χ2v) is 5.80. The van der Waals surface area contributed by atoms with Crippen molar-refractivity contribution in [2.75, 3.05) is 0 Å². The Hall–Kier alpha value is -0.190. The van der Waals surface area contributed by atoms with Crippen LogP contribution in [0.15, 0.2) is 38.7 Å². The normalized spacial score (nSPS) is 10.3. The van der Waals surface area contributed by atoms with Gasteiger partial charge in [-0.15, -0.1) is 11.3 Å². The molecule has 0 spiro atoms. The van der Waals surface area contributed by atoms with Crippen LogP contribution >= 0.6 is 43.2 Å². The molecule has 0 atom stereocenters. The summed E-state index contributed by atoms with van der Waals surface area (Å²) in [6.07, 6.45) is 1.82. The topological polar surface area (TPSA) is 12.9 Å². The molecule has 0 saturated carbocycles. The number of halogens is 2. The van der Waals surface area contributed by atoms with Crippen molar-refractivity contribution >= 4 is 43.2 Å². The van der Waals surface area contributed by atoms with Crippen LogP contribution in [0.25, 0.3) is 10.6 Å². The molecule has 0 unspecified atom stereocenters. The van der Waals surface area contributed by atoms with E-state index in [2.05, 4.69) is 49.0 Å². The number of hydrogen-bond donors (Lipinski definition) is 0. The Bertz CT molecular complexity index is 408. The summed E-state index contributed by atoms with van der Waals surface area (Å²) in [4.78, 5) is 4.27. The minimum absolute atomic E-state index is 1.04. The largest absolute Gasteiger partial charge is 0.243 e. The standard InChI is InChI=1S/C9H5Br2NS/c10-7-3-1-6(2-4-7)9-12-5-8(11)13-9/h1-5H. The first kappa shape index (κ1) is 9.37. The van der Waals surface area contributed by atoms with Crippen LogP contribution in [0.3, 0.4) is 0 Å². The molecule has 0 amide bonds. The Kier molecular flexibility index (Phi) is 2.81. The number of rotatable bonds is 1. The Labute approximate surface area is 97.1 Å². The van der Waals surface area contributed by atoms with E-state index in [1.54, 1.807) is 11.3 Å². The van der Waals surface area contributed by atoms with Crippen LogP contribution in [0, 0.1) is 0 Å². The van der Waals surface area contributed by atoms with Gasteiger partial charge in [-0.1, -0.05) is 28.1 Å². The Balaban J connectivity index is 2.41. The zero-order valence-electron chi connectivity index (χ0n) is 6.50. The highest BCUT2D eigenvalue weighted by Crippen LogP contribution is 2.28. The van der Waals surface area contributed by atoms with Crippen molar-refractivity contribution in [3.05, 3.63) is 38.7 Å². The predicted molar refractivity (Wildman–Crippen MR) is 63.0 cm³/mol. The van der Waals surface area contributed by atoms with Gasteiger partial charge in [0.25, 0.3) is 0 Å². The van der Waals surface area contributed by atoms with Crippen molar-refractivity contribution in [2.45, 2.75) is 0 Å². The fourth-order valence-corrected chi connectivity index (χ4v) is 2.46.